The number of halogens is 1. The highest BCUT2D eigenvalue weighted by Crippen LogP contribution is 2.27. The van der Waals surface area contributed by atoms with Gasteiger partial charge in [0.2, 0.25) is 0 Å². The first kappa shape index (κ1) is 10.5. The first-order chi connectivity index (χ1) is 7.27. The van der Waals surface area contributed by atoms with E-state index in [0.717, 1.165) is 5.56 Å². The van der Waals surface area contributed by atoms with Crippen molar-refractivity contribution in [1.29, 1.82) is 0 Å². The molecule has 2 N–H and O–H groups in total. The van der Waals surface area contributed by atoms with Gasteiger partial charge in [-0.15, -0.1) is 0 Å². The molecule has 0 aliphatic carbocycles. The lowest BCUT2D eigenvalue weighted by molar-refractivity contribution is -0.157. The third-order valence-corrected chi connectivity index (χ3v) is 2.64. The fourth-order valence-corrected chi connectivity index (χ4v) is 1.73. The van der Waals surface area contributed by atoms with Gasteiger partial charge >= 0.3 is 0 Å². The topological polar surface area (TPSA) is 44.5 Å². The van der Waals surface area contributed by atoms with Crippen LogP contribution in [0.4, 0.5) is 4.39 Å². The minimum atomic E-state index is -0.605. The average molecular weight is 211 g/mol. The molecule has 1 atom stereocenters. The van der Waals surface area contributed by atoms with E-state index in [2.05, 4.69) is 0 Å². The molecular formula is C11H14FNO2. The lowest BCUT2D eigenvalue weighted by atomic mass is 9.94. The summed E-state index contributed by atoms with van der Waals surface area (Å²) in [5.74, 6) is -0.261. The predicted molar refractivity (Wildman–Crippen MR) is 53.9 cm³/mol. The molecule has 1 unspecified atom stereocenters. The summed E-state index contributed by atoms with van der Waals surface area (Å²) >= 11 is 0. The Morgan fingerprint density at radius 1 is 1.27 bits per heavy atom. The first-order valence-electron chi connectivity index (χ1n) is 4.95. The molecule has 15 heavy (non-hydrogen) atoms. The highest BCUT2D eigenvalue weighted by Gasteiger charge is 2.34. The van der Waals surface area contributed by atoms with E-state index >= 15 is 0 Å². The zero-order chi connectivity index (χ0) is 10.7. The van der Waals surface area contributed by atoms with Crippen molar-refractivity contribution >= 4 is 0 Å². The average Bonchev–Trinajstić information content (AvgIpc) is 2.31. The normalized spacial score (nSPS) is 26.5. The standard InChI is InChI=1S/C11H14FNO2/c12-10-3-1-9(2-4-10)11(7-13)8-14-5-6-15-11/h1-4H,5-8,13H2. The van der Waals surface area contributed by atoms with E-state index in [0.29, 0.717) is 26.4 Å². The fourth-order valence-electron chi connectivity index (χ4n) is 1.73. The largest absolute Gasteiger partial charge is 0.376 e. The molecule has 1 aromatic carbocycles. The molecular weight excluding hydrogens is 197 g/mol. The molecule has 1 heterocycles. The Morgan fingerprint density at radius 3 is 2.53 bits per heavy atom. The van der Waals surface area contributed by atoms with E-state index < -0.39 is 5.60 Å². The van der Waals surface area contributed by atoms with E-state index in [4.69, 9.17) is 15.2 Å². The number of rotatable bonds is 2. The summed E-state index contributed by atoms with van der Waals surface area (Å²) in [5.41, 5.74) is 5.97. The third-order valence-electron chi connectivity index (χ3n) is 2.64. The van der Waals surface area contributed by atoms with Gasteiger partial charge in [-0.3, -0.25) is 0 Å². The van der Waals surface area contributed by atoms with E-state index in [1.54, 1.807) is 12.1 Å². The van der Waals surface area contributed by atoms with Crippen LogP contribution < -0.4 is 5.73 Å². The molecule has 2 rings (SSSR count). The Balaban J connectivity index is 2.28. The summed E-state index contributed by atoms with van der Waals surface area (Å²) in [6.45, 7) is 1.87. The second-order valence-electron chi connectivity index (χ2n) is 3.61. The van der Waals surface area contributed by atoms with Crippen LogP contribution in [0.15, 0.2) is 24.3 Å². The van der Waals surface area contributed by atoms with Crippen molar-refractivity contribution in [3.63, 3.8) is 0 Å². The quantitative estimate of drug-likeness (QED) is 0.794. The number of nitrogens with two attached hydrogens (primary N) is 1. The van der Waals surface area contributed by atoms with Crippen LogP contribution in [0.2, 0.25) is 0 Å². The Hall–Kier alpha value is -0.970. The zero-order valence-corrected chi connectivity index (χ0v) is 8.41. The zero-order valence-electron chi connectivity index (χ0n) is 8.41. The van der Waals surface area contributed by atoms with Crippen molar-refractivity contribution < 1.29 is 13.9 Å². The van der Waals surface area contributed by atoms with Crippen LogP contribution in [-0.2, 0) is 15.1 Å². The van der Waals surface area contributed by atoms with Crippen LogP contribution in [0.3, 0.4) is 0 Å². The maximum Gasteiger partial charge on any atom is 0.129 e. The third kappa shape index (κ3) is 2.02. The second kappa shape index (κ2) is 4.26. The van der Waals surface area contributed by atoms with Gasteiger partial charge in [-0.25, -0.2) is 4.39 Å². The van der Waals surface area contributed by atoms with Crippen LogP contribution in [0, 0.1) is 5.82 Å². The Morgan fingerprint density at radius 2 is 2.00 bits per heavy atom. The number of benzene rings is 1. The smallest absolute Gasteiger partial charge is 0.129 e. The summed E-state index contributed by atoms with van der Waals surface area (Å²) in [5, 5.41) is 0. The lowest BCUT2D eigenvalue weighted by Gasteiger charge is -2.36. The summed E-state index contributed by atoms with van der Waals surface area (Å²) in [6, 6.07) is 6.20. The van der Waals surface area contributed by atoms with Gasteiger partial charge in [-0.05, 0) is 17.7 Å². The molecule has 0 saturated carbocycles. The van der Waals surface area contributed by atoms with Gasteiger partial charge < -0.3 is 15.2 Å². The van der Waals surface area contributed by atoms with E-state index in [-0.39, 0.29) is 5.82 Å². The van der Waals surface area contributed by atoms with Gasteiger partial charge in [-0.2, -0.15) is 0 Å². The monoisotopic (exact) mass is 211 g/mol. The van der Waals surface area contributed by atoms with Crippen LogP contribution in [-0.4, -0.2) is 26.4 Å². The maximum atomic E-state index is 12.8. The Labute approximate surface area is 88.0 Å². The predicted octanol–water partition coefficient (Wildman–Crippen LogP) is 1.03. The van der Waals surface area contributed by atoms with E-state index in [1.807, 2.05) is 0 Å². The summed E-state index contributed by atoms with van der Waals surface area (Å²) < 4.78 is 23.8. The number of hydrogen-bond donors (Lipinski definition) is 1. The first-order valence-corrected chi connectivity index (χ1v) is 4.95. The van der Waals surface area contributed by atoms with Crippen molar-refractivity contribution in [3.8, 4) is 0 Å². The fraction of sp³-hybridized carbons (Fsp3) is 0.455. The van der Waals surface area contributed by atoms with Crippen LogP contribution in [0.25, 0.3) is 0 Å². The summed E-state index contributed by atoms with van der Waals surface area (Å²) in [7, 11) is 0. The van der Waals surface area contributed by atoms with Gasteiger partial charge in [0.25, 0.3) is 0 Å². The van der Waals surface area contributed by atoms with Crippen molar-refractivity contribution in [1.82, 2.24) is 0 Å². The summed E-state index contributed by atoms with van der Waals surface area (Å²) in [6.07, 6.45) is 0. The van der Waals surface area contributed by atoms with Gasteiger partial charge in [0.1, 0.15) is 11.4 Å². The highest BCUT2D eigenvalue weighted by molar-refractivity contribution is 5.24. The molecule has 0 aromatic heterocycles. The number of hydrogen-bond acceptors (Lipinski definition) is 3. The molecule has 3 nitrogen and oxygen atoms in total. The minimum absolute atomic E-state index is 0.261. The minimum Gasteiger partial charge on any atom is -0.376 e. The van der Waals surface area contributed by atoms with Crippen molar-refractivity contribution in [2.75, 3.05) is 26.4 Å². The molecule has 0 spiro atoms. The van der Waals surface area contributed by atoms with E-state index in [9.17, 15) is 4.39 Å². The summed E-state index contributed by atoms with van der Waals surface area (Å²) in [4.78, 5) is 0. The van der Waals surface area contributed by atoms with E-state index in [1.165, 1.54) is 12.1 Å². The van der Waals surface area contributed by atoms with Gasteiger partial charge in [0, 0.05) is 6.54 Å². The van der Waals surface area contributed by atoms with Crippen molar-refractivity contribution in [2.24, 2.45) is 5.73 Å². The van der Waals surface area contributed by atoms with Gasteiger partial charge in [0.15, 0.2) is 0 Å². The van der Waals surface area contributed by atoms with Gasteiger partial charge in [0.05, 0.1) is 19.8 Å². The molecule has 4 heteroatoms. The van der Waals surface area contributed by atoms with Crippen molar-refractivity contribution in [2.45, 2.75) is 5.60 Å². The van der Waals surface area contributed by atoms with Crippen LogP contribution in [0.5, 0.6) is 0 Å². The molecule has 82 valence electrons. The Bertz CT molecular complexity index is 320. The van der Waals surface area contributed by atoms with Crippen LogP contribution >= 0.6 is 0 Å². The second-order valence-corrected chi connectivity index (χ2v) is 3.61. The SMILES string of the molecule is NCC1(c2ccc(F)cc2)COCCO1. The van der Waals surface area contributed by atoms with Crippen molar-refractivity contribution in [3.05, 3.63) is 35.6 Å². The van der Waals surface area contributed by atoms with Gasteiger partial charge in [-0.1, -0.05) is 12.1 Å². The molecule has 1 aromatic rings. The lowest BCUT2D eigenvalue weighted by Crippen LogP contribution is -2.46. The molecule has 1 fully saturated rings. The number of ether oxygens (including phenoxy) is 2. The Kier molecular flexibility index (Phi) is 3.00. The molecule has 1 aliphatic rings. The van der Waals surface area contributed by atoms with Crippen LogP contribution in [0.1, 0.15) is 5.56 Å². The molecule has 1 aliphatic heterocycles. The molecule has 1 saturated heterocycles. The maximum absolute atomic E-state index is 12.8. The molecule has 0 radical (unpaired) electrons. The molecule has 0 amide bonds. The molecule has 0 bridgehead atoms. The highest BCUT2D eigenvalue weighted by atomic mass is 19.1.